The Kier molecular flexibility index (Phi) is 7.10. The molecule has 1 amide bonds. The van der Waals surface area contributed by atoms with E-state index >= 15 is 0 Å². The largest absolute Gasteiger partial charge is 0.489 e. The average Bonchev–Trinajstić information content (AvgIpc) is 3.16. The average molecular weight is 430 g/mol. The number of carbonyl (C=O) groups excluding carboxylic acids is 1. The summed E-state index contributed by atoms with van der Waals surface area (Å²) in [4.78, 5) is 14.2. The fraction of sp³-hybridized carbons (Fsp3) is 0.321. The minimum atomic E-state index is -0.218. The molecule has 4 nitrogen and oxygen atoms in total. The van der Waals surface area contributed by atoms with E-state index in [-0.39, 0.29) is 12.2 Å². The van der Waals surface area contributed by atoms with E-state index in [1.807, 2.05) is 35.2 Å². The third kappa shape index (κ3) is 5.91. The van der Waals surface area contributed by atoms with Gasteiger partial charge in [0, 0.05) is 6.54 Å². The molecule has 1 aliphatic rings. The van der Waals surface area contributed by atoms with Crippen molar-refractivity contribution in [3.8, 4) is 5.75 Å². The van der Waals surface area contributed by atoms with Gasteiger partial charge in [-0.3, -0.25) is 0 Å². The molecule has 4 heteroatoms. The molecule has 0 spiro atoms. The maximum absolute atomic E-state index is 12.4. The Balaban J connectivity index is 1.28. The van der Waals surface area contributed by atoms with Crippen LogP contribution in [0.25, 0.3) is 0 Å². The smallest absolute Gasteiger partial charge is 0.410 e. The van der Waals surface area contributed by atoms with Crippen LogP contribution >= 0.6 is 0 Å². The van der Waals surface area contributed by atoms with Gasteiger partial charge in [-0.2, -0.15) is 0 Å². The SMILES string of the molecule is CC(C)c1cccc(CN2CC(CCc3cccc(OCc4ccccc4)c3)OC2=O)c1. The lowest BCUT2D eigenvalue weighted by Gasteiger charge is -2.14. The third-order valence-corrected chi connectivity index (χ3v) is 5.84. The second kappa shape index (κ2) is 10.4. The molecule has 1 fully saturated rings. The van der Waals surface area contributed by atoms with Crippen molar-refractivity contribution < 1.29 is 14.3 Å². The zero-order valence-electron chi connectivity index (χ0n) is 18.9. The van der Waals surface area contributed by atoms with Crippen LogP contribution in [0.2, 0.25) is 0 Å². The third-order valence-electron chi connectivity index (χ3n) is 5.84. The lowest BCUT2D eigenvalue weighted by Crippen LogP contribution is -2.24. The highest BCUT2D eigenvalue weighted by molar-refractivity contribution is 5.70. The van der Waals surface area contributed by atoms with E-state index in [9.17, 15) is 4.79 Å². The molecular formula is C28H31NO3. The summed E-state index contributed by atoms with van der Waals surface area (Å²) in [6.45, 7) is 6.15. The number of carbonyl (C=O) groups is 1. The van der Waals surface area contributed by atoms with Crippen LogP contribution < -0.4 is 4.74 Å². The van der Waals surface area contributed by atoms with Crippen molar-refractivity contribution in [3.63, 3.8) is 0 Å². The van der Waals surface area contributed by atoms with Crippen molar-refractivity contribution in [1.29, 1.82) is 0 Å². The van der Waals surface area contributed by atoms with Gasteiger partial charge >= 0.3 is 6.09 Å². The molecule has 1 aliphatic heterocycles. The highest BCUT2D eigenvalue weighted by atomic mass is 16.6. The number of hydrogen-bond donors (Lipinski definition) is 0. The summed E-state index contributed by atoms with van der Waals surface area (Å²) < 4.78 is 11.6. The highest BCUT2D eigenvalue weighted by Gasteiger charge is 2.30. The van der Waals surface area contributed by atoms with Gasteiger partial charge in [-0.05, 0) is 53.1 Å². The van der Waals surface area contributed by atoms with Crippen molar-refractivity contribution in [2.45, 2.75) is 51.9 Å². The van der Waals surface area contributed by atoms with Gasteiger partial charge in [0.25, 0.3) is 0 Å². The zero-order valence-corrected chi connectivity index (χ0v) is 18.9. The fourth-order valence-electron chi connectivity index (χ4n) is 3.98. The summed E-state index contributed by atoms with van der Waals surface area (Å²) in [5.41, 5.74) is 4.78. The van der Waals surface area contributed by atoms with Gasteiger partial charge in [0.15, 0.2) is 0 Å². The van der Waals surface area contributed by atoms with Crippen LogP contribution in [0.15, 0.2) is 78.9 Å². The lowest BCUT2D eigenvalue weighted by molar-refractivity contribution is 0.128. The molecule has 1 heterocycles. The molecule has 3 aromatic rings. The van der Waals surface area contributed by atoms with E-state index in [1.165, 1.54) is 11.1 Å². The van der Waals surface area contributed by atoms with Gasteiger partial charge in [-0.25, -0.2) is 4.79 Å². The fourth-order valence-corrected chi connectivity index (χ4v) is 3.98. The van der Waals surface area contributed by atoms with E-state index in [0.717, 1.165) is 29.7 Å². The molecule has 0 bridgehead atoms. The Morgan fingerprint density at radius 2 is 1.69 bits per heavy atom. The van der Waals surface area contributed by atoms with Crippen molar-refractivity contribution >= 4 is 6.09 Å². The van der Waals surface area contributed by atoms with E-state index < -0.39 is 0 Å². The van der Waals surface area contributed by atoms with Gasteiger partial charge in [0.2, 0.25) is 0 Å². The van der Waals surface area contributed by atoms with Gasteiger partial charge < -0.3 is 14.4 Å². The second-order valence-electron chi connectivity index (χ2n) is 8.75. The van der Waals surface area contributed by atoms with Crippen molar-refractivity contribution in [3.05, 3.63) is 101 Å². The van der Waals surface area contributed by atoms with Gasteiger partial charge in [-0.15, -0.1) is 0 Å². The van der Waals surface area contributed by atoms with Gasteiger partial charge in [-0.1, -0.05) is 80.6 Å². The molecule has 0 radical (unpaired) electrons. The standard InChI is InChI=1S/C28H31NO3/c1-21(2)25-12-6-11-24(16-25)18-29-19-27(32-28(29)30)15-14-22-10-7-13-26(17-22)31-20-23-8-4-3-5-9-23/h3-13,16-17,21,27H,14-15,18-20H2,1-2H3. The summed E-state index contributed by atoms with van der Waals surface area (Å²) in [7, 11) is 0. The van der Waals surface area contributed by atoms with Crippen LogP contribution in [0.4, 0.5) is 4.79 Å². The maximum Gasteiger partial charge on any atom is 0.410 e. The van der Waals surface area contributed by atoms with E-state index in [2.05, 4.69) is 62.4 Å². The molecule has 0 aliphatic carbocycles. The molecule has 1 atom stereocenters. The molecule has 32 heavy (non-hydrogen) atoms. The van der Waals surface area contributed by atoms with Gasteiger partial charge in [0.05, 0.1) is 6.54 Å². The van der Waals surface area contributed by atoms with Crippen LogP contribution in [0.3, 0.4) is 0 Å². The van der Waals surface area contributed by atoms with Gasteiger partial charge in [0.1, 0.15) is 18.5 Å². The number of hydrogen-bond acceptors (Lipinski definition) is 3. The first kappa shape index (κ1) is 21.9. The molecule has 0 saturated carbocycles. The monoisotopic (exact) mass is 429 g/mol. The Bertz CT molecular complexity index is 1030. The molecule has 3 aromatic carbocycles. The van der Waals surface area contributed by atoms with Crippen LogP contribution in [0.1, 0.15) is 48.4 Å². The molecule has 1 unspecified atom stereocenters. The number of ether oxygens (including phenoxy) is 2. The van der Waals surface area contributed by atoms with E-state index in [4.69, 9.17) is 9.47 Å². The predicted octanol–water partition coefficient (Wildman–Crippen LogP) is 6.34. The summed E-state index contributed by atoms with van der Waals surface area (Å²) in [5, 5.41) is 0. The Labute approximate surface area is 190 Å². The normalized spacial score (nSPS) is 15.8. The number of aryl methyl sites for hydroxylation is 1. The first-order valence-electron chi connectivity index (χ1n) is 11.4. The molecular weight excluding hydrogens is 398 g/mol. The number of rotatable bonds is 9. The predicted molar refractivity (Wildman–Crippen MR) is 127 cm³/mol. The zero-order chi connectivity index (χ0) is 22.3. The van der Waals surface area contributed by atoms with E-state index in [0.29, 0.717) is 25.6 Å². The summed E-state index contributed by atoms with van der Waals surface area (Å²) in [6, 6.07) is 26.8. The number of amides is 1. The molecule has 1 saturated heterocycles. The van der Waals surface area contributed by atoms with E-state index in [1.54, 1.807) is 0 Å². The van der Waals surface area contributed by atoms with Crippen LogP contribution in [-0.4, -0.2) is 23.6 Å². The lowest BCUT2D eigenvalue weighted by atomic mass is 10.0. The first-order chi connectivity index (χ1) is 15.6. The maximum atomic E-state index is 12.4. The summed E-state index contributed by atoms with van der Waals surface area (Å²) >= 11 is 0. The number of nitrogens with zero attached hydrogens (tertiary/aromatic N) is 1. The topological polar surface area (TPSA) is 38.8 Å². The first-order valence-corrected chi connectivity index (χ1v) is 11.4. The molecule has 0 N–H and O–H groups in total. The van der Waals surface area contributed by atoms with Crippen LogP contribution in [0.5, 0.6) is 5.75 Å². The summed E-state index contributed by atoms with van der Waals surface area (Å²) in [5.74, 6) is 1.34. The van der Waals surface area contributed by atoms with Crippen molar-refractivity contribution in [2.75, 3.05) is 6.54 Å². The number of cyclic esters (lactones) is 1. The van der Waals surface area contributed by atoms with Crippen LogP contribution in [-0.2, 0) is 24.3 Å². The minimum absolute atomic E-state index is 0.0790. The molecule has 166 valence electrons. The molecule has 4 rings (SSSR count). The van der Waals surface area contributed by atoms with Crippen molar-refractivity contribution in [2.24, 2.45) is 0 Å². The Hall–Kier alpha value is -3.27. The van der Waals surface area contributed by atoms with Crippen LogP contribution in [0, 0.1) is 0 Å². The highest BCUT2D eigenvalue weighted by Crippen LogP contribution is 2.22. The van der Waals surface area contributed by atoms with Crippen molar-refractivity contribution in [1.82, 2.24) is 4.90 Å². The summed E-state index contributed by atoms with van der Waals surface area (Å²) in [6.07, 6.45) is 1.35. The Morgan fingerprint density at radius 3 is 2.50 bits per heavy atom. The minimum Gasteiger partial charge on any atom is -0.489 e. The Morgan fingerprint density at radius 1 is 0.938 bits per heavy atom. The molecule has 0 aromatic heterocycles. The quantitative estimate of drug-likeness (QED) is 0.398. The number of benzene rings is 3. The second-order valence-corrected chi connectivity index (χ2v) is 8.75.